The van der Waals surface area contributed by atoms with Crippen molar-refractivity contribution in [3.8, 4) is 0 Å². The van der Waals surface area contributed by atoms with E-state index in [0.29, 0.717) is 0 Å². The molecule has 1 rings (SSSR count). The minimum Gasteiger partial charge on any atom is -0.131 e. The van der Waals surface area contributed by atoms with Gasteiger partial charge < -0.3 is 0 Å². The van der Waals surface area contributed by atoms with E-state index in [2.05, 4.69) is 37.5 Å². The first-order chi connectivity index (χ1) is 5.29. The van der Waals surface area contributed by atoms with Gasteiger partial charge in [0, 0.05) is 5.25 Å². The highest BCUT2D eigenvalue weighted by Crippen LogP contribution is 2.22. The molecule has 0 nitrogen and oxygen atoms in total. The van der Waals surface area contributed by atoms with Crippen LogP contribution in [0.4, 0.5) is 0 Å². The molecule has 1 heteroatoms. The van der Waals surface area contributed by atoms with Crippen LogP contribution in [-0.4, -0.2) is 5.25 Å². The van der Waals surface area contributed by atoms with Crippen LogP contribution in [0.3, 0.4) is 0 Å². The molecular weight excluding hydrogens is 152 g/mol. The van der Waals surface area contributed by atoms with Crippen LogP contribution < -0.4 is 0 Å². The molecule has 0 saturated heterocycles. The second-order valence-electron chi connectivity index (χ2n) is 3.20. The van der Waals surface area contributed by atoms with Gasteiger partial charge in [-0.25, -0.2) is 0 Å². The summed E-state index contributed by atoms with van der Waals surface area (Å²) in [5, 5.41) is 3.00. The van der Waals surface area contributed by atoms with E-state index in [-0.39, 0.29) is 0 Å². The summed E-state index contributed by atoms with van der Waals surface area (Å²) in [6.45, 7) is 4.59. The molecule has 0 aromatic carbocycles. The molecule has 0 amide bonds. The monoisotopic (exact) mass is 168 g/mol. The molecule has 0 aromatic rings. The molecule has 0 N–H and O–H groups in total. The van der Waals surface area contributed by atoms with Gasteiger partial charge in [0.05, 0.1) is 0 Å². The molecule has 0 aromatic heterocycles. The van der Waals surface area contributed by atoms with E-state index >= 15 is 0 Å². The molecule has 11 heavy (non-hydrogen) atoms. The van der Waals surface area contributed by atoms with Crippen LogP contribution >= 0.6 is 11.8 Å². The summed E-state index contributed by atoms with van der Waals surface area (Å²) in [6.07, 6.45) is 9.22. The van der Waals surface area contributed by atoms with E-state index in [1.54, 1.807) is 0 Å². The van der Waals surface area contributed by atoms with Crippen molar-refractivity contribution in [1.29, 1.82) is 0 Å². The highest BCUT2D eigenvalue weighted by Gasteiger charge is 2.05. The van der Waals surface area contributed by atoms with Crippen molar-refractivity contribution in [3.05, 3.63) is 23.6 Å². The summed E-state index contributed by atoms with van der Waals surface area (Å²) in [5.74, 6) is 0.748. The number of thioether (sulfide) groups is 1. The van der Waals surface area contributed by atoms with E-state index in [0.717, 1.165) is 17.6 Å². The van der Waals surface area contributed by atoms with Crippen LogP contribution in [0.2, 0.25) is 0 Å². The van der Waals surface area contributed by atoms with Crippen LogP contribution in [0.25, 0.3) is 0 Å². The molecule has 0 radical (unpaired) electrons. The van der Waals surface area contributed by atoms with Crippen molar-refractivity contribution in [2.75, 3.05) is 0 Å². The minimum absolute atomic E-state index is 0.748. The van der Waals surface area contributed by atoms with Gasteiger partial charge in [-0.2, -0.15) is 0 Å². The first-order valence-corrected chi connectivity index (χ1v) is 5.20. The molecule has 2 atom stereocenters. The number of hydrogen-bond acceptors (Lipinski definition) is 1. The van der Waals surface area contributed by atoms with Gasteiger partial charge in [-0.1, -0.05) is 32.1 Å². The molecule has 1 aliphatic heterocycles. The van der Waals surface area contributed by atoms with Gasteiger partial charge in [0.2, 0.25) is 0 Å². The highest BCUT2D eigenvalue weighted by atomic mass is 32.2. The van der Waals surface area contributed by atoms with Crippen LogP contribution in [0.1, 0.15) is 26.7 Å². The molecule has 1 heterocycles. The summed E-state index contributed by atoms with van der Waals surface area (Å²) in [6, 6.07) is 0. The summed E-state index contributed by atoms with van der Waals surface area (Å²) in [7, 11) is 0. The van der Waals surface area contributed by atoms with Gasteiger partial charge in [0.1, 0.15) is 0 Å². The zero-order chi connectivity index (χ0) is 8.10. The van der Waals surface area contributed by atoms with Crippen molar-refractivity contribution in [3.63, 3.8) is 0 Å². The Balaban J connectivity index is 2.49. The molecular formula is C10H16S. The lowest BCUT2D eigenvalue weighted by Gasteiger charge is -2.10. The van der Waals surface area contributed by atoms with Crippen molar-refractivity contribution < 1.29 is 0 Å². The predicted octanol–water partition coefficient (Wildman–Crippen LogP) is 3.61. The van der Waals surface area contributed by atoms with Crippen LogP contribution in [0.5, 0.6) is 0 Å². The molecule has 0 fully saturated rings. The second kappa shape index (κ2) is 4.66. The zero-order valence-corrected chi connectivity index (χ0v) is 8.10. The average Bonchev–Trinajstić information content (AvgIpc) is 2.02. The van der Waals surface area contributed by atoms with Crippen molar-refractivity contribution in [2.45, 2.75) is 31.9 Å². The molecule has 62 valence electrons. The van der Waals surface area contributed by atoms with Gasteiger partial charge in [0.15, 0.2) is 0 Å². The first kappa shape index (κ1) is 8.92. The molecule has 0 bridgehead atoms. The fourth-order valence-corrected chi connectivity index (χ4v) is 2.20. The van der Waals surface area contributed by atoms with Gasteiger partial charge in [0.25, 0.3) is 0 Å². The lowest BCUT2D eigenvalue weighted by Crippen LogP contribution is -2.00. The van der Waals surface area contributed by atoms with Crippen LogP contribution in [0, 0.1) is 5.92 Å². The summed E-state index contributed by atoms with van der Waals surface area (Å²) >= 11 is 1.95. The zero-order valence-electron chi connectivity index (χ0n) is 7.29. The Bertz CT molecular complexity index is 158. The maximum atomic E-state index is 2.33. The van der Waals surface area contributed by atoms with E-state index in [9.17, 15) is 0 Å². The summed E-state index contributed by atoms with van der Waals surface area (Å²) < 4.78 is 0. The maximum Gasteiger partial charge on any atom is 0.00655 e. The highest BCUT2D eigenvalue weighted by molar-refractivity contribution is 8.02. The predicted molar refractivity (Wildman–Crippen MR) is 53.7 cm³/mol. The Morgan fingerprint density at radius 1 is 1.27 bits per heavy atom. The maximum absolute atomic E-state index is 2.33. The van der Waals surface area contributed by atoms with Crippen molar-refractivity contribution in [2.24, 2.45) is 5.92 Å². The van der Waals surface area contributed by atoms with Gasteiger partial charge in [-0.05, 0) is 24.2 Å². The topological polar surface area (TPSA) is 0 Å². The molecule has 1 aliphatic rings. The largest absolute Gasteiger partial charge is 0.131 e. The molecule has 2 unspecified atom stereocenters. The van der Waals surface area contributed by atoms with Crippen LogP contribution in [0.15, 0.2) is 23.6 Å². The first-order valence-electron chi connectivity index (χ1n) is 4.26. The van der Waals surface area contributed by atoms with Crippen LogP contribution in [-0.2, 0) is 0 Å². The minimum atomic E-state index is 0.748. The molecule has 0 saturated carbocycles. The number of hydrogen-bond donors (Lipinski definition) is 0. The third kappa shape index (κ3) is 3.66. The molecule has 0 spiro atoms. The number of rotatable bonds is 0. The SMILES string of the molecule is CC1/C=C\C/C=C\SC(C)C1. The van der Waals surface area contributed by atoms with Gasteiger partial charge in [-0.15, -0.1) is 11.8 Å². The van der Waals surface area contributed by atoms with E-state index in [4.69, 9.17) is 0 Å². The van der Waals surface area contributed by atoms with E-state index in [1.165, 1.54) is 6.42 Å². The lowest BCUT2D eigenvalue weighted by atomic mass is 10.1. The van der Waals surface area contributed by atoms with Crippen molar-refractivity contribution in [1.82, 2.24) is 0 Å². The fourth-order valence-electron chi connectivity index (χ4n) is 1.29. The fraction of sp³-hybridized carbons (Fsp3) is 0.600. The normalized spacial score (nSPS) is 38.4. The third-order valence-corrected chi connectivity index (χ3v) is 2.85. The third-order valence-electron chi connectivity index (χ3n) is 1.85. The average molecular weight is 168 g/mol. The number of allylic oxidation sites excluding steroid dienone is 3. The Hall–Kier alpha value is -0.170. The summed E-state index contributed by atoms with van der Waals surface area (Å²) in [4.78, 5) is 0. The molecule has 0 aliphatic carbocycles. The quantitative estimate of drug-likeness (QED) is 0.498. The smallest absolute Gasteiger partial charge is 0.00655 e. The van der Waals surface area contributed by atoms with Gasteiger partial charge in [-0.3, -0.25) is 0 Å². The summed E-state index contributed by atoms with van der Waals surface area (Å²) in [5.41, 5.74) is 0. The standard InChI is InChI=1S/C10H16S/c1-9-6-4-3-5-7-11-10(2)8-9/h4-7,9-10H,3,8H2,1-2H3/b6-4-,7-5-. The Kier molecular flexibility index (Phi) is 3.78. The Labute approximate surface area is 73.8 Å². The Morgan fingerprint density at radius 3 is 2.91 bits per heavy atom. The lowest BCUT2D eigenvalue weighted by molar-refractivity contribution is 0.645. The van der Waals surface area contributed by atoms with E-state index < -0.39 is 0 Å². The Morgan fingerprint density at radius 2 is 2.09 bits per heavy atom. The van der Waals surface area contributed by atoms with Gasteiger partial charge >= 0.3 is 0 Å². The van der Waals surface area contributed by atoms with E-state index in [1.807, 2.05) is 11.8 Å². The second-order valence-corrected chi connectivity index (χ2v) is 4.54. The van der Waals surface area contributed by atoms with Crippen molar-refractivity contribution >= 4 is 11.8 Å².